The first-order valence-corrected chi connectivity index (χ1v) is 7.39. The van der Waals surface area contributed by atoms with Crippen molar-refractivity contribution < 1.29 is 19.1 Å². The minimum atomic E-state index is -0.796. The summed E-state index contributed by atoms with van der Waals surface area (Å²) in [5.74, 6) is -1.01. The standard InChI is InChI=1S/C16H20N2O4/c1-14(2)15(3)6-7-16(14,13(20)21)9-11(15)17-18-12(19)10-5-4-8-22-10/h4-5,8H,6-7,9H2,1-3H3,(H,18,19)(H,20,21)/b17-11-/t15-,16+/m1/s1. The zero-order valence-corrected chi connectivity index (χ0v) is 13.0. The molecule has 0 unspecified atom stereocenters. The van der Waals surface area contributed by atoms with Gasteiger partial charge in [0.25, 0.3) is 0 Å². The summed E-state index contributed by atoms with van der Waals surface area (Å²) in [6.45, 7) is 6.03. The van der Waals surface area contributed by atoms with E-state index >= 15 is 0 Å². The second-order valence-corrected chi connectivity index (χ2v) is 7.00. The highest BCUT2D eigenvalue weighted by Gasteiger charge is 2.71. The molecule has 2 aliphatic rings. The van der Waals surface area contributed by atoms with E-state index in [9.17, 15) is 14.7 Å². The van der Waals surface area contributed by atoms with E-state index < -0.39 is 22.7 Å². The zero-order valence-electron chi connectivity index (χ0n) is 13.0. The average molecular weight is 304 g/mol. The van der Waals surface area contributed by atoms with Gasteiger partial charge >= 0.3 is 11.9 Å². The van der Waals surface area contributed by atoms with E-state index in [0.717, 1.165) is 12.1 Å². The number of nitrogens with one attached hydrogen (secondary N) is 1. The van der Waals surface area contributed by atoms with E-state index in [-0.39, 0.29) is 11.2 Å². The monoisotopic (exact) mass is 304 g/mol. The highest BCUT2D eigenvalue weighted by molar-refractivity contribution is 6.02. The first-order chi connectivity index (χ1) is 10.2. The Balaban J connectivity index is 1.89. The molecule has 6 nitrogen and oxygen atoms in total. The Morgan fingerprint density at radius 2 is 2.05 bits per heavy atom. The number of carboxylic acid groups (broad SMARTS) is 1. The van der Waals surface area contributed by atoms with E-state index in [1.165, 1.54) is 6.26 Å². The van der Waals surface area contributed by atoms with E-state index in [2.05, 4.69) is 10.5 Å². The summed E-state index contributed by atoms with van der Waals surface area (Å²) < 4.78 is 5.02. The van der Waals surface area contributed by atoms with E-state index in [0.29, 0.717) is 12.8 Å². The summed E-state index contributed by atoms with van der Waals surface area (Å²) in [5.41, 5.74) is 1.73. The summed E-state index contributed by atoms with van der Waals surface area (Å²) in [7, 11) is 0. The first-order valence-electron chi connectivity index (χ1n) is 7.39. The highest BCUT2D eigenvalue weighted by atomic mass is 16.4. The molecule has 2 saturated carbocycles. The second-order valence-electron chi connectivity index (χ2n) is 7.00. The van der Waals surface area contributed by atoms with Gasteiger partial charge in [-0.1, -0.05) is 20.8 Å². The molecule has 2 bridgehead atoms. The van der Waals surface area contributed by atoms with Crippen molar-refractivity contribution in [1.29, 1.82) is 0 Å². The molecule has 1 aromatic rings. The summed E-state index contributed by atoms with van der Waals surface area (Å²) in [6.07, 6.45) is 3.21. The van der Waals surface area contributed by atoms with Gasteiger partial charge in [-0.3, -0.25) is 9.59 Å². The fourth-order valence-electron chi connectivity index (χ4n) is 4.11. The molecule has 0 aliphatic heterocycles. The molecule has 0 aromatic carbocycles. The highest BCUT2D eigenvalue weighted by Crippen LogP contribution is 2.70. The van der Waals surface area contributed by atoms with Crippen molar-refractivity contribution in [3.63, 3.8) is 0 Å². The minimum Gasteiger partial charge on any atom is -0.481 e. The van der Waals surface area contributed by atoms with Gasteiger partial charge in [0, 0.05) is 17.5 Å². The minimum absolute atomic E-state index is 0.185. The number of hydrazone groups is 1. The van der Waals surface area contributed by atoms with Crippen LogP contribution in [-0.2, 0) is 4.79 Å². The van der Waals surface area contributed by atoms with Crippen LogP contribution in [0.1, 0.15) is 50.6 Å². The number of carbonyl (C=O) groups excluding carboxylic acids is 1. The normalized spacial score (nSPS) is 34.0. The Bertz CT molecular complexity index is 662. The fourth-order valence-corrected chi connectivity index (χ4v) is 4.11. The number of furan rings is 1. The van der Waals surface area contributed by atoms with Crippen molar-refractivity contribution in [2.24, 2.45) is 21.3 Å². The van der Waals surface area contributed by atoms with Crippen LogP contribution < -0.4 is 5.43 Å². The van der Waals surface area contributed by atoms with Crippen molar-refractivity contribution in [1.82, 2.24) is 5.43 Å². The van der Waals surface area contributed by atoms with Crippen molar-refractivity contribution in [3.8, 4) is 0 Å². The van der Waals surface area contributed by atoms with Crippen molar-refractivity contribution >= 4 is 17.6 Å². The van der Waals surface area contributed by atoms with Gasteiger partial charge < -0.3 is 9.52 Å². The number of amides is 1. The van der Waals surface area contributed by atoms with Gasteiger partial charge in [-0.05, 0) is 30.4 Å². The summed E-state index contributed by atoms with van der Waals surface area (Å²) in [5, 5.41) is 14.0. The smallest absolute Gasteiger partial charge is 0.310 e. The molecule has 2 aliphatic carbocycles. The third-order valence-corrected chi connectivity index (χ3v) is 6.18. The molecule has 0 spiro atoms. The van der Waals surface area contributed by atoms with Gasteiger partial charge in [-0.15, -0.1) is 0 Å². The lowest BCUT2D eigenvalue weighted by molar-refractivity contribution is -0.154. The maximum absolute atomic E-state index is 11.9. The lowest BCUT2D eigenvalue weighted by atomic mass is 9.65. The van der Waals surface area contributed by atoms with E-state index in [1.807, 2.05) is 20.8 Å². The Morgan fingerprint density at radius 1 is 1.32 bits per heavy atom. The largest absolute Gasteiger partial charge is 0.481 e. The SMILES string of the molecule is CC1(C)[C@@]2(C(=O)O)CC[C@]1(C)/C(=N\NC(=O)c1ccco1)C2. The molecule has 6 heteroatoms. The van der Waals surface area contributed by atoms with Crippen molar-refractivity contribution in [2.45, 2.75) is 40.0 Å². The number of aliphatic carboxylic acids is 1. The number of hydrogen-bond acceptors (Lipinski definition) is 4. The molecule has 2 N–H and O–H groups in total. The molecule has 118 valence electrons. The van der Waals surface area contributed by atoms with Crippen LogP contribution in [0.4, 0.5) is 0 Å². The van der Waals surface area contributed by atoms with Crippen LogP contribution in [0.5, 0.6) is 0 Å². The molecule has 3 rings (SSSR count). The lowest BCUT2D eigenvalue weighted by Crippen LogP contribution is -2.40. The van der Waals surface area contributed by atoms with Gasteiger partial charge in [0.05, 0.1) is 11.7 Å². The number of carbonyl (C=O) groups is 2. The Hall–Kier alpha value is -2.11. The van der Waals surface area contributed by atoms with Gasteiger partial charge in [-0.25, -0.2) is 5.43 Å². The Morgan fingerprint density at radius 3 is 2.59 bits per heavy atom. The predicted molar refractivity (Wildman–Crippen MR) is 79.4 cm³/mol. The van der Waals surface area contributed by atoms with Crippen LogP contribution in [0, 0.1) is 16.2 Å². The number of hydrogen-bond donors (Lipinski definition) is 2. The molecule has 2 atom stereocenters. The van der Waals surface area contributed by atoms with Crippen LogP contribution >= 0.6 is 0 Å². The van der Waals surface area contributed by atoms with Gasteiger partial charge in [-0.2, -0.15) is 5.10 Å². The van der Waals surface area contributed by atoms with E-state index in [4.69, 9.17) is 4.42 Å². The summed E-state index contributed by atoms with van der Waals surface area (Å²) in [4.78, 5) is 23.8. The van der Waals surface area contributed by atoms with Gasteiger partial charge in [0.15, 0.2) is 5.76 Å². The zero-order chi connectivity index (χ0) is 16.2. The molecular weight excluding hydrogens is 284 g/mol. The number of carboxylic acids is 1. The molecule has 22 heavy (non-hydrogen) atoms. The molecule has 2 fully saturated rings. The van der Waals surface area contributed by atoms with Gasteiger partial charge in [0.2, 0.25) is 0 Å². The van der Waals surface area contributed by atoms with E-state index in [1.54, 1.807) is 12.1 Å². The topological polar surface area (TPSA) is 91.9 Å². The quantitative estimate of drug-likeness (QED) is 0.840. The fraction of sp³-hybridized carbons (Fsp3) is 0.562. The summed E-state index contributed by atoms with van der Waals surface area (Å²) >= 11 is 0. The van der Waals surface area contributed by atoms with Crippen LogP contribution in [0.3, 0.4) is 0 Å². The third-order valence-electron chi connectivity index (χ3n) is 6.18. The molecular formula is C16H20N2O4. The van der Waals surface area contributed by atoms with Crippen LogP contribution in [0.15, 0.2) is 27.9 Å². The molecule has 1 aromatic heterocycles. The molecule has 0 radical (unpaired) electrons. The van der Waals surface area contributed by atoms with Crippen LogP contribution in [0.25, 0.3) is 0 Å². The average Bonchev–Trinajstić information content (AvgIpc) is 3.09. The number of rotatable bonds is 3. The maximum Gasteiger partial charge on any atom is 0.310 e. The predicted octanol–water partition coefficient (Wildman–Crippen LogP) is 2.67. The maximum atomic E-state index is 11.9. The van der Waals surface area contributed by atoms with Crippen molar-refractivity contribution in [3.05, 3.63) is 24.2 Å². The third kappa shape index (κ3) is 1.63. The molecule has 1 amide bonds. The number of nitrogens with zero attached hydrogens (tertiary/aromatic N) is 1. The Labute approximate surface area is 128 Å². The van der Waals surface area contributed by atoms with Crippen LogP contribution in [-0.4, -0.2) is 22.7 Å². The second kappa shape index (κ2) is 4.44. The number of fused-ring (bicyclic) bond motifs is 2. The molecule has 0 saturated heterocycles. The van der Waals surface area contributed by atoms with Crippen molar-refractivity contribution in [2.75, 3.05) is 0 Å². The van der Waals surface area contributed by atoms with Crippen LogP contribution in [0.2, 0.25) is 0 Å². The summed E-state index contributed by atoms with van der Waals surface area (Å²) in [6, 6.07) is 3.18. The van der Waals surface area contributed by atoms with Gasteiger partial charge in [0.1, 0.15) is 0 Å². The Kier molecular flexibility index (Phi) is 2.99. The lowest BCUT2D eigenvalue weighted by Gasteiger charge is -2.37. The first kappa shape index (κ1) is 14.8. The molecule has 1 heterocycles.